The van der Waals surface area contributed by atoms with Crippen molar-refractivity contribution >= 4 is 11.6 Å². The maximum atomic E-state index is 13.6. The average Bonchev–Trinajstić information content (AvgIpc) is 2.47. The molecule has 0 aromatic heterocycles. The van der Waals surface area contributed by atoms with Crippen molar-refractivity contribution in [2.24, 2.45) is 0 Å². The molecular formula is C17H17F2NO2. The van der Waals surface area contributed by atoms with E-state index in [1.165, 1.54) is 6.07 Å². The number of ether oxygens (including phenoxy) is 1. The summed E-state index contributed by atoms with van der Waals surface area (Å²) in [5, 5.41) is 2.42. The van der Waals surface area contributed by atoms with Crippen LogP contribution in [0.25, 0.3) is 0 Å². The second-order valence-electron chi connectivity index (χ2n) is 4.94. The van der Waals surface area contributed by atoms with Gasteiger partial charge >= 0.3 is 0 Å². The molecule has 1 N–H and O–H groups in total. The van der Waals surface area contributed by atoms with Gasteiger partial charge in [-0.1, -0.05) is 19.1 Å². The first-order chi connectivity index (χ1) is 10.5. The highest BCUT2D eigenvalue weighted by molar-refractivity contribution is 5.94. The Morgan fingerprint density at radius 2 is 2.00 bits per heavy atom. The first-order valence-electron chi connectivity index (χ1n) is 6.99. The fraction of sp³-hybridized carbons (Fsp3) is 0.235. The average molecular weight is 305 g/mol. The van der Waals surface area contributed by atoms with Crippen molar-refractivity contribution in [3.63, 3.8) is 0 Å². The first kappa shape index (κ1) is 15.9. The van der Waals surface area contributed by atoms with Crippen LogP contribution >= 0.6 is 0 Å². The fourth-order valence-electron chi connectivity index (χ4n) is 1.98. The lowest BCUT2D eigenvalue weighted by molar-refractivity contribution is -0.122. The van der Waals surface area contributed by atoms with Gasteiger partial charge in [0.1, 0.15) is 17.4 Å². The van der Waals surface area contributed by atoms with Crippen molar-refractivity contribution in [2.45, 2.75) is 26.4 Å². The lowest BCUT2D eigenvalue weighted by Gasteiger charge is -2.17. The van der Waals surface area contributed by atoms with Crippen molar-refractivity contribution < 1.29 is 18.3 Å². The molecule has 3 nitrogen and oxygen atoms in total. The topological polar surface area (TPSA) is 38.3 Å². The Morgan fingerprint density at radius 3 is 2.64 bits per heavy atom. The monoisotopic (exact) mass is 305 g/mol. The smallest absolute Gasteiger partial charge is 0.265 e. The van der Waals surface area contributed by atoms with Gasteiger partial charge < -0.3 is 10.1 Å². The van der Waals surface area contributed by atoms with Crippen molar-refractivity contribution in [3.05, 3.63) is 59.7 Å². The van der Waals surface area contributed by atoms with E-state index in [1.807, 2.05) is 25.1 Å². The van der Waals surface area contributed by atoms with Gasteiger partial charge in [-0.05, 0) is 43.2 Å². The summed E-state index contributed by atoms with van der Waals surface area (Å²) in [5.41, 5.74) is 0.940. The molecule has 0 aliphatic rings. The first-order valence-corrected chi connectivity index (χ1v) is 6.99. The van der Waals surface area contributed by atoms with Gasteiger partial charge in [-0.3, -0.25) is 4.79 Å². The van der Waals surface area contributed by atoms with Gasteiger partial charge in [0.05, 0.1) is 5.69 Å². The molecule has 0 radical (unpaired) electrons. The lowest BCUT2D eigenvalue weighted by Crippen LogP contribution is -2.32. The second-order valence-corrected chi connectivity index (χ2v) is 4.94. The van der Waals surface area contributed by atoms with E-state index in [9.17, 15) is 13.6 Å². The molecule has 0 aliphatic carbocycles. The molecular weight excluding hydrogens is 288 g/mol. The Labute approximate surface area is 127 Å². The predicted octanol–water partition coefficient (Wildman–Crippen LogP) is 4.07. The number of carbonyl (C=O) groups is 1. The molecule has 2 aromatic rings. The normalized spacial score (nSPS) is 11.8. The molecule has 0 spiro atoms. The lowest BCUT2D eigenvalue weighted by atomic mass is 10.2. The van der Waals surface area contributed by atoms with E-state index in [4.69, 9.17) is 4.74 Å². The molecule has 5 heteroatoms. The largest absolute Gasteiger partial charge is 0.481 e. The summed E-state index contributed by atoms with van der Waals surface area (Å²) in [6, 6.07) is 10.3. The molecule has 2 rings (SSSR count). The van der Waals surface area contributed by atoms with Crippen LogP contribution in [0.15, 0.2) is 42.5 Å². The summed E-state index contributed by atoms with van der Waals surface area (Å²) in [7, 11) is 0. The highest BCUT2D eigenvalue weighted by Gasteiger charge is 2.20. The number of nitrogens with one attached hydrogen (secondary N) is 1. The van der Waals surface area contributed by atoms with Crippen LogP contribution in [0, 0.1) is 18.6 Å². The molecule has 0 unspecified atom stereocenters. The highest BCUT2D eigenvalue weighted by atomic mass is 19.1. The highest BCUT2D eigenvalue weighted by Crippen LogP contribution is 2.18. The number of benzene rings is 2. The molecule has 116 valence electrons. The van der Waals surface area contributed by atoms with E-state index in [0.717, 1.165) is 17.7 Å². The van der Waals surface area contributed by atoms with Gasteiger partial charge in [-0.15, -0.1) is 0 Å². The zero-order chi connectivity index (χ0) is 16.1. The van der Waals surface area contributed by atoms with E-state index in [1.54, 1.807) is 13.0 Å². The molecule has 2 aromatic carbocycles. The van der Waals surface area contributed by atoms with Gasteiger partial charge in [-0.2, -0.15) is 0 Å². The summed E-state index contributed by atoms with van der Waals surface area (Å²) in [6.07, 6.45) is -0.339. The van der Waals surface area contributed by atoms with Crippen LogP contribution in [-0.2, 0) is 4.79 Å². The number of halogens is 2. The van der Waals surface area contributed by atoms with Crippen LogP contribution in [0.1, 0.15) is 18.9 Å². The van der Waals surface area contributed by atoms with E-state index < -0.39 is 23.6 Å². The Morgan fingerprint density at radius 1 is 1.23 bits per heavy atom. The Hall–Kier alpha value is -2.43. The molecule has 1 amide bonds. The van der Waals surface area contributed by atoms with Crippen LogP contribution < -0.4 is 10.1 Å². The van der Waals surface area contributed by atoms with Crippen molar-refractivity contribution in [3.8, 4) is 5.75 Å². The third-order valence-corrected chi connectivity index (χ3v) is 3.12. The minimum absolute atomic E-state index is 0.0716. The number of rotatable bonds is 5. The number of amides is 1. The quantitative estimate of drug-likeness (QED) is 0.904. The Kier molecular flexibility index (Phi) is 5.09. The third kappa shape index (κ3) is 4.04. The van der Waals surface area contributed by atoms with Gasteiger partial charge in [-0.25, -0.2) is 8.78 Å². The predicted molar refractivity (Wildman–Crippen MR) is 80.9 cm³/mol. The van der Waals surface area contributed by atoms with E-state index in [0.29, 0.717) is 12.2 Å². The Balaban J connectivity index is 2.08. The van der Waals surface area contributed by atoms with Crippen LogP contribution in [0.3, 0.4) is 0 Å². The molecule has 1 atom stereocenters. The van der Waals surface area contributed by atoms with E-state index in [2.05, 4.69) is 5.32 Å². The van der Waals surface area contributed by atoms with Gasteiger partial charge in [0.25, 0.3) is 5.91 Å². The molecule has 0 bridgehead atoms. The van der Waals surface area contributed by atoms with Crippen LogP contribution in [0.4, 0.5) is 14.5 Å². The zero-order valence-corrected chi connectivity index (χ0v) is 12.4. The molecule has 0 saturated carbocycles. The summed E-state index contributed by atoms with van der Waals surface area (Å²) < 4.78 is 32.1. The zero-order valence-electron chi connectivity index (χ0n) is 12.4. The Bertz CT molecular complexity index is 673. The third-order valence-electron chi connectivity index (χ3n) is 3.12. The fourth-order valence-corrected chi connectivity index (χ4v) is 1.98. The van der Waals surface area contributed by atoms with Crippen LogP contribution in [0.2, 0.25) is 0 Å². The van der Waals surface area contributed by atoms with Crippen LogP contribution in [-0.4, -0.2) is 12.0 Å². The summed E-state index contributed by atoms with van der Waals surface area (Å²) in [6.45, 7) is 3.71. The molecule has 22 heavy (non-hydrogen) atoms. The minimum Gasteiger partial charge on any atom is -0.481 e. The van der Waals surface area contributed by atoms with Gasteiger partial charge in [0, 0.05) is 6.07 Å². The maximum Gasteiger partial charge on any atom is 0.265 e. The number of aryl methyl sites for hydroxylation is 1. The minimum atomic E-state index is -0.821. The van der Waals surface area contributed by atoms with Crippen molar-refractivity contribution in [1.29, 1.82) is 0 Å². The standard InChI is InChI=1S/C17H17F2NO2/c1-3-16(22-13-6-4-5-11(2)9-13)17(21)20-15-8-7-12(18)10-14(15)19/h4-10,16H,3H2,1-2H3,(H,20,21)/t16-/m0/s1. The summed E-state index contributed by atoms with van der Waals surface area (Å²) in [5.74, 6) is -1.42. The van der Waals surface area contributed by atoms with Crippen molar-refractivity contribution in [1.82, 2.24) is 0 Å². The molecule has 0 aliphatic heterocycles. The molecule has 0 saturated heterocycles. The van der Waals surface area contributed by atoms with Gasteiger partial charge in [0.2, 0.25) is 0 Å². The number of carbonyl (C=O) groups excluding carboxylic acids is 1. The van der Waals surface area contributed by atoms with Crippen molar-refractivity contribution in [2.75, 3.05) is 5.32 Å². The number of hydrogen-bond acceptors (Lipinski definition) is 2. The van der Waals surface area contributed by atoms with Gasteiger partial charge in [0.15, 0.2) is 6.10 Å². The molecule has 0 heterocycles. The second kappa shape index (κ2) is 7.02. The number of hydrogen-bond donors (Lipinski definition) is 1. The number of anilines is 1. The SMILES string of the molecule is CC[C@H](Oc1cccc(C)c1)C(=O)Nc1ccc(F)cc1F. The summed E-state index contributed by atoms with van der Waals surface area (Å²) >= 11 is 0. The molecule has 0 fully saturated rings. The maximum absolute atomic E-state index is 13.6. The summed E-state index contributed by atoms with van der Waals surface area (Å²) in [4.78, 5) is 12.2. The van der Waals surface area contributed by atoms with E-state index >= 15 is 0 Å². The van der Waals surface area contributed by atoms with E-state index in [-0.39, 0.29) is 5.69 Å². The van der Waals surface area contributed by atoms with Crippen LogP contribution in [0.5, 0.6) is 5.75 Å².